The van der Waals surface area contributed by atoms with Crippen LogP contribution in [-0.2, 0) is 4.74 Å². The van der Waals surface area contributed by atoms with Crippen LogP contribution in [0.5, 0.6) is 0 Å². The van der Waals surface area contributed by atoms with Crippen LogP contribution < -0.4 is 0 Å². The summed E-state index contributed by atoms with van der Waals surface area (Å²) in [5.41, 5.74) is 1.38. The SMILES string of the molecule is CC(C)c1cc(Cl)c(C(=O)N2CCOCC2)cn1. The van der Waals surface area contributed by atoms with Gasteiger partial charge in [-0.2, -0.15) is 0 Å². The second kappa shape index (κ2) is 5.67. The van der Waals surface area contributed by atoms with Crippen molar-refractivity contribution in [1.29, 1.82) is 0 Å². The highest BCUT2D eigenvalue weighted by Crippen LogP contribution is 2.22. The zero-order chi connectivity index (χ0) is 13.1. The molecule has 0 N–H and O–H groups in total. The third-order valence-electron chi connectivity index (χ3n) is 2.99. The van der Waals surface area contributed by atoms with Crippen molar-refractivity contribution < 1.29 is 9.53 Å². The molecule has 1 fully saturated rings. The third-order valence-corrected chi connectivity index (χ3v) is 3.31. The summed E-state index contributed by atoms with van der Waals surface area (Å²) in [5, 5.41) is 0.477. The lowest BCUT2D eigenvalue weighted by Crippen LogP contribution is -2.40. The minimum atomic E-state index is -0.0638. The van der Waals surface area contributed by atoms with E-state index in [1.165, 1.54) is 0 Å². The quantitative estimate of drug-likeness (QED) is 0.827. The smallest absolute Gasteiger partial charge is 0.257 e. The molecular formula is C13H17ClN2O2. The molecule has 4 nitrogen and oxygen atoms in total. The number of hydrogen-bond donors (Lipinski definition) is 0. The van der Waals surface area contributed by atoms with Gasteiger partial charge in [-0.05, 0) is 12.0 Å². The molecule has 2 heterocycles. The van der Waals surface area contributed by atoms with E-state index in [0.717, 1.165) is 5.69 Å². The van der Waals surface area contributed by atoms with Crippen LogP contribution >= 0.6 is 11.6 Å². The minimum absolute atomic E-state index is 0.0638. The van der Waals surface area contributed by atoms with Crippen LogP contribution in [0.15, 0.2) is 12.3 Å². The average Bonchev–Trinajstić information content (AvgIpc) is 2.38. The maximum absolute atomic E-state index is 12.2. The van der Waals surface area contributed by atoms with Crippen molar-refractivity contribution in [3.05, 3.63) is 28.5 Å². The molecule has 1 amide bonds. The fraction of sp³-hybridized carbons (Fsp3) is 0.538. The van der Waals surface area contributed by atoms with Crippen molar-refractivity contribution in [3.8, 4) is 0 Å². The summed E-state index contributed by atoms with van der Waals surface area (Å²) < 4.78 is 5.22. The number of amides is 1. The Labute approximate surface area is 112 Å². The van der Waals surface area contributed by atoms with E-state index in [9.17, 15) is 4.79 Å². The third kappa shape index (κ3) is 2.82. The van der Waals surface area contributed by atoms with Gasteiger partial charge in [-0.25, -0.2) is 0 Å². The zero-order valence-electron chi connectivity index (χ0n) is 10.6. The molecule has 0 aromatic carbocycles. The van der Waals surface area contributed by atoms with E-state index in [2.05, 4.69) is 4.98 Å². The largest absolute Gasteiger partial charge is 0.378 e. The summed E-state index contributed by atoms with van der Waals surface area (Å²) in [5.74, 6) is 0.237. The molecule has 18 heavy (non-hydrogen) atoms. The van der Waals surface area contributed by atoms with Gasteiger partial charge in [-0.1, -0.05) is 25.4 Å². The van der Waals surface area contributed by atoms with E-state index in [1.807, 2.05) is 13.8 Å². The Hall–Kier alpha value is -1.13. The molecule has 0 aliphatic carbocycles. The van der Waals surface area contributed by atoms with Crippen molar-refractivity contribution in [2.45, 2.75) is 19.8 Å². The lowest BCUT2D eigenvalue weighted by Gasteiger charge is -2.27. The van der Waals surface area contributed by atoms with Crippen LogP contribution in [-0.4, -0.2) is 42.1 Å². The number of carbonyl (C=O) groups excluding carboxylic acids is 1. The minimum Gasteiger partial charge on any atom is -0.378 e. The van der Waals surface area contributed by atoms with Gasteiger partial charge < -0.3 is 9.64 Å². The van der Waals surface area contributed by atoms with Crippen LogP contribution in [0.4, 0.5) is 0 Å². The lowest BCUT2D eigenvalue weighted by molar-refractivity contribution is 0.0302. The monoisotopic (exact) mass is 268 g/mol. The van der Waals surface area contributed by atoms with E-state index in [4.69, 9.17) is 16.3 Å². The Kier molecular flexibility index (Phi) is 4.19. The van der Waals surface area contributed by atoms with Gasteiger partial charge in [0, 0.05) is 25.0 Å². The molecule has 5 heteroatoms. The van der Waals surface area contributed by atoms with Crippen molar-refractivity contribution in [2.75, 3.05) is 26.3 Å². The second-order valence-electron chi connectivity index (χ2n) is 4.65. The number of nitrogens with zero attached hydrogens (tertiary/aromatic N) is 2. The summed E-state index contributed by atoms with van der Waals surface area (Å²) in [4.78, 5) is 18.3. The van der Waals surface area contributed by atoms with E-state index in [-0.39, 0.29) is 5.91 Å². The highest BCUT2D eigenvalue weighted by molar-refractivity contribution is 6.33. The first-order valence-electron chi connectivity index (χ1n) is 6.12. The van der Waals surface area contributed by atoms with E-state index in [0.29, 0.717) is 42.8 Å². The number of pyridine rings is 1. The molecule has 0 unspecified atom stereocenters. The van der Waals surface area contributed by atoms with Gasteiger partial charge in [0.2, 0.25) is 0 Å². The molecule has 98 valence electrons. The number of hydrogen-bond acceptors (Lipinski definition) is 3. The summed E-state index contributed by atoms with van der Waals surface area (Å²) in [7, 11) is 0. The normalized spacial score (nSPS) is 16.1. The molecule has 0 atom stereocenters. The molecule has 0 spiro atoms. The Morgan fingerprint density at radius 2 is 2.11 bits per heavy atom. The summed E-state index contributed by atoms with van der Waals surface area (Å²) in [6, 6.07) is 1.78. The van der Waals surface area contributed by atoms with Gasteiger partial charge in [-0.15, -0.1) is 0 Å². The highest BCUT2D eigenvalue weighted by Gasteiger charge is 2.21. The molecular weight excluding hydrogens is 252 g/mol. The number of ether oxygens (including phenoxy) is 1. The number of morpholine rings is 1. The van der Waals surface area contributed by atoms with Crippen LogP contribution in [0.3, 0.4) is 0 Å². The van der Waals surface area contributed by atoms with E-state index in [1.54, 1.807) is 17.2 Å². The van der Waals surface area contributed by atoms with Crippen LogP contribution in [0.25, 0.3) is 0 Å². The number of halogens is 1. The highest BCUT2D eigenvalue weighted by atomic mass is 35.5. The van der Waals surface area contributed by atoms with Gasteiger partial charge in [0.15, 0.2) is 0 Å². The van der Waals surface area contributed by atoms with Crippen molar-refractivity contribution in [2.24, 2.45) is 0 Å². The number of carbonyl (C=O) groups is 1. The maximum atomic E-state index is 12.2. The topological polar surface area (TPSA) is 42.4 Å². The predicted octanol–water partition coefficient (Wildman–Crippen LogP) is 2.33. The van der Waals surface area contributed by atoms with E-state index < -0.39 is 0 Å². The fourth-order valence-electron chi connectivity index (χ4n) is 1.86. The van der Waals surface area contributed by atoms with Gasteiger partial charge in [0.25, 0.3) is 5.91 Å². The molecule has 0 saturated carbocycles. The first kappa shape index (κ1) is 13.3. The van der Waals surface area contributed by atoms with E-state index >= 15 is 0 Å². The average molecular weight is 269 g/mol. The fourth-order valence-corrected chi connectivity index (χ4v) is 2.10. The zero-order valence-corrected chi connectivity index (χ0v) is 11.4. The number of rotatable bonds is 2. The van der Waals surface area contributed by atoms with Crippen molar-refractivity contribution >= 4 is 17.5 Å². The summed E-state index contributed by atoms with van der Waals surface area (Å²) in [6.45, 7) is 6.48. The lowest BCUT2D eigenvalue weighted by atomic mass is 10.1. The van der Waals surface area contributed by atoms with Crippen LogP contribution in [0, 0.1) is 0 Å². The molecule has 1 aliphatic heterocycles. The predicted molar refractivity (Wildman–Crippen MR) is 70.1 cm³/mol. The number of aromatic nitrogens is 1. The van der Waals surface area contributed by atoms with Crippen molar-refractivity contribution in [3.63, 3.8) is 0 Å². The summed E-state index contributed by atoms with van der Waals surface area (Å²) >= 11 is 6.17. The first-order chi connectivity index (χ1) is 8.59. The molecule has 0 bridgehead atoms. The van der Waals surface area contributed by atoms with Gasteiger partial charge in [0.05, 0.1) is 23.8 Å². The van der Waals surface area contributed by atoms with Crippen LogP contribution in [0.1, 0.15) is 35.8 Å². The molecule has 0 radical (unpaired) electrons. The summed E-state index contributed by atoms with van der Waals surface area (Å²) in [6.07, 6.45) is 1.58. The van der Waals surface area contributed by atoms with Gasteiger partial charge in [0.1, 0.15) is 0 Å². The van der Waals surface area contributed by atoms with Gasteiger partial charge >= 0.3 is 0 Å². The Balaban J connectivity index is 2.19. The molecule has 2 rings (SSSR count). The molecule has 1 aromatic rings. The van der Waals surface area contributed by atoms with Crippen LogP contribution in [0.2, 0.25) is 5.02 Å². The second-order valence-corrected chi connectivity index (χ2v) is 5.06. The Morgan fingerprint density at radius 1 is 1.44 bits per heavy atom. The molecule has 1 aliphatic rings. The maximum Gasteiger partial charge on any atom is 0.257 e. The standard InChI is InChI=1S/C13H17ClN2O2/c1-9(2)12-7-11(14)10(8-15-12)13(17)16-3-5-18-6-4-16/h7-9H,3-6H2,1-2H3. The Bertz CT molecular complexity index is 443. The van der Waals surface area contributed by atoms with Gasteiger partial charge in [-0.3, -0.25) is 9.78 Å². The first-order valence-corrected chi connectivity index (χ1v) is 6.50. The van der Waals surface area contributed by atoms with Crippen molar-refractivity contribution in [1.82, 2.24) is 9.88 Å². The molecule has 1 aromatic heterocycles. The Morgan fingerprint density at radius 3 is 2.67 bits per heavy atom. The molecule has 1 saturated heterocycles.